The Morgan fingerprint density at radius 3 is 1.24 bits per heavy atom. The Morgan fingerprint density at radius 1 is 0.419 bits per heavy atom. The van der Waals surface area contributed by atoms with Gasteiger partial charge >= 0.3 is 18.0 Å². The Labute approximate surface area is 383 Å². The molecule has 0 aliphatic carbocycles. The first kappa shape index (κ1) is 60.1. The molecule has 0 bridgehead atoms. The van der Waals surface area contributed by atoms with Crippen molar-refractivity contribution >= 4 is 18.0 Å². The van der Waals surface area contributed by atoms with Crippen molar-refractivity contribution in [3.05, 3.63) is 0 Å². The van der Waals surface area contributed by atoms with E-state index in [4.69, 9.17) is 24.7 Å². The van der Waals surface area contributed by atoms with Crippen molar-refractivity contribution < 1.29 is 33.3 Å². The van der Waals surface area contributed by atoms with Crippen molar-refractivity contribution in [3.63, 3.8) is 0 Å². The molecule has 0 aliphatic heterocycles. The van der Waals surface area contributed by atoms with Crippen LogP contribution in [0.4, 0.5) is 4.79 Å². The van der Waals surface area contributed by atoms with Gasteiger partial charge in [-0.05, 0) is 77.4 Å². The number of nitrogens with zero attached hydrogens (tertiary/aromatic N) is 1. The Hall–Kier alpha value is -1.91. The minimum absolute atomic E-state index is 0.0301. The number of ether oxygens (including phenoxy) is 4. The lowest BCUT2D eigenvalue weighted by atomic mass is 9.94. The molecule has 368 valence electrons. The van der Waals surface area contributed by atoms with Gasteiger partial charge in [0.05, 0.1) is 38.3 Å². The van der Waals surface area contributed by atoms with Crippen molar-refractivity contribution in [1.82, 2.24) is 10.2 Å². The van der Waals surface area contributed by atoms with Gasteiger partial charge in [-0.25, -0.2) is 4.79 Å². The van der Waals surface area contributed by atoms with Crippen LogP contribution in [-0.4, -0.2) is 88.7 Å². The quantitative estimate of drug-likeness (QED) is 0.0348. The molecule has 0 radical (unpaired) electrons. The zero-order valence-electron chi connectivity index (χ0n) is 41.4. The van der Waals surface area contributed by atoms with Gasteiger partial charge in [0, 0.05) is 13.1 Å². The number of unbranched alkanes of at least 4 members (excludes halogenated alkanes) is 22. The van der Waals surface area contributed by atoms with Crippen LogP contribution in [0.2, 0.25) is 0 Å². The lowest BCUT2D eigenvalue weighted by Gasteiger charge is -2.22. The molecular weight excluding hydrogens is 779 g/mol. The number of rotatable bonds is 49. The highest BCUT2D eigenvalue weighted by atomic mass is 16.6. The number of hydrogen-bond donors (Lipinski definition) is 2. The molecule has 3 N–H and O–H groups in total. The predicted octanol–water partition coefficient (Wildman–Crippen LogP) is 13.3. The van der Waals surface area contributed by atoms with Gasteiger partial charge in [0.2, 0.25) is 0 Å². The summed E-state index contributed by atoms with van der Waals surface area (Å²) in [5, 5.41) is 2.69. The summed E-state index contributed by atoms with van der Waals surface area (Å²) in [6, 6.07) is 0. The third-order valence-electron chi connectivity index (χ3n) is 12.2. The van der Waals surface area contributed by atoms with Gasteiger partial charge in [0.25, 0.3) is 0 Å². The molecule has 2 unspecified atom stereocenters. The van der Waals surface area contributed by atoms with Gasteiger partial charge in [-0.15, -0.1) is 0 Å². The highest BCUT2D eigenvalue weighted by Gasteiger charge is 2.20. The van der Waals surface area contributed by atoms with E-state index >= 15 is 0 Å². The molecule has 0 heterocycles. The summed E-state index contributed by atoms with van der Waals surface area (Å²) in [4.78, 5) is 40.4. The van der Waals surface area contributed by atoms with Gasteiger partial charge in [-0.2, -0.15) is 0 Å². The van der Waals surface area contributed by atoms with E-state index in [-0.39, 0.29) is 30.4 Å². The van der Waals surface area contributed by atoms with E-state index in [1.165, 1.54) is 103 Å². The second-order valence-corrected chi connectivity index (χ2v) is 18.0. The summed E-state index contributed by atoms with van der Waals surface area (Å²) < 4.78 is 22.7. The molecule has 0 saturated heterocycles. The Morgan fingerprint density at radius 2 is 0.806 bits per heavy atom. The number of carbonyl (C=O) groups excluding carboxylic acids is 3. The molecule has 0 rings (SSSR count). The molecule has 0 aromatic heterocycles. The summed E-state index contributed by atoms with van der Waals surface area (Å²) in [6.45, 7) is 15.1. The van der Waals surface area contributed by atoms with Crippen molar-refractivity contribution in [2.45, 2.75) is 240 Å². The number of nitrogens with two attached hydrogens (primary N) is 1. The van der Waals surface area contributed by atoms with Crippen LogP contribution in [0.3, 0.4) is 0 Å². The molecular formula is C52H103N3O7. The topological polar surface area (TPSA) is 129 Å². The normalized spacial score (nSPS) is 12.4. The molecule has 0 aromatic rings. The van der Waals surface area contributed by atoms with E-state index in [0.717, 1.165) is 129 Å². The molecule has 1 amide bonds. The third-order valence-corrected chi connectivity index (χ3v) is 12.2. The zero-order valence-corrected chi connectivity index (χ0v) is 41.4. The molecule has 2 atom stereocenters. The minimum Gasteiger partial charge on any atom is -0.465 e. The van der Waals surface area contributed by atoms with Crippen LogP contribution in [0.5, 0.6) is 0 Å². The van der Waals surface area contributed by atoms with Crippen molar-refractivity contribution in [2.24, 2.45) is 17.6 Å². The van der Waals surface area contributed by atoms with Crippen LogP contribution >= 0.6 is 0 Å². The zero-order chi connectivity index (χ0) is 45.4. The Bertz CT molecular complexity index is 913. The summed E-state index contributed by atoms with van der Waals surface area (Å²) in [5.74, 6) is 0.183. The predicted molar refractivity (Wildman–Crippen MR) is 260 cm³/mol. The van der Waals surface area contributed by atoms with E-state index in [9.17, 15) is 14.4 Å². The maximum Gasteiger partial charge on any atom is 0.407 e. The van der Waals surface area contributed by atoms with Gasteiger partial charge in [0.1, 0.15) is 6.61 Å². The molecule has 10 heteroatoms. The maximum absolute atomic E-state index is 13.1. The molecule has 0 fully saturated rings. The van der Waals surface area contributed by atoms with Crippen LogP contribution in [0.15, 0.2) is 0 Å². The molecule has 10 nitrogen and oxygen atoms in total. The maximum atomic E-state index is 13.1. The molecule has 0 spiro atoms. The van der Waals surface area contributed by atoms with E-state index in [0.29, 0.717) is 39.5 Å². The molecule has 0 saturated carbocycles. The highest BCUT2D eigenvalue weighted by Crippen LogP contribution is 2.22. The Balaban J connectivity index is 4.72. The van der Waals surface area contributed by atoms with Gasteiger partial charge in [-0.3, -0.25) is 9.59 Å². The number of amides is 1. The van der Waals surface area contributed by atoms with Crippen molar-refractivity contribution in [1.29, 1.82) is 0 Å². The number of hydrogen-bond acceptors (Lipinski definition) is 9. The summed E-state index contributed by atoms with van der Waals surface area (Å²) in [6.07, 6.45) is 37.1. The fourth-order valence-corrected chi connectivity index (χ4v) is 8.07. The Kier molecular flexibility index (Phi) is 47.0. The van der Waals surface area contributed by atoms with Crippen LogP contribution in [0.25, 0.3) is 0 Å². The summed E-state index contributed by atoms with van der Waals surface area (Å²) in [5.41, 5.74) is 5.49. The fourth-order valence-electron chi connectivity index (χ4n) is 8.07. The lowest BCUT2D eigenvalue weighted by Crippen LogP contribution is -2.31. The lowest BCUT2D eigenvalue weighted by molar-refractivity contribution is -0.150. The number of carbonyl (C=O) groups is 3. The average Bonchev–Trinajstić information content (AvgIpc) is 3.27. The average molecular weight is 882 g/mol. The monoisotopic (exact) mass is 882 g/mol. The highest BCUT2D eigenvalue weighted by molar-refractivity contribution is 5.72. The van der Waals surface area contributed by atoms with Crippen LogP contribution < -0.4 is 11.1 Å². The standard InChI is InChI=1S/C52H103N3O7/c1-5-9-13-17-19-27-36-48(34-25-15-11-7-3)50(56)60-43-31-23-21-29-40-55(42-45-59-46-47-62-52(58)54-39-33-38-53)41-30-22-24-32-44-61-51(57)49(35-26-16-12-8-4)37-28-20-18-14-10-6-2/h48-49H,5-47,53H2,1-4H3,(H,54,58). The van der Waals surface area contributed by atoms with Gasteiger partial charge in [0.15, 0.2) is 0 Å². The van der Waals surface area contributed by atoms with Gasteiger partial charge < -0.3 is 34.9 Å². The van der Waals surface area contributed by atoms with Crippen LogP contribution in [0.1, 0.15) is 240 Å². The number of nitrogens with one attached hydrogen (secondary N) is 1. The number of alkyl carbamates (subject to hydrolysis) is 1. The van der Waals surface area contributed by atoms with Crippen molar-refractivity contribution in [2.75, 3.05) is 65.8 Å². The molecule has 0 aliphatic rings. The second kappa shape index (κ2) is 48.5. The van der Waals surface area contributed by atoms with E-state index in [1.807, 2.05) is 0 Å². The van der Waals surface area contributed by atoms with E-state index in [1.54, 1.807) is 0 Å². The van der Waals surface area contributed by atoms with Crippen LogP contribution in [0, 0.1) is 11.8 Å². The second-order valence-electron chi connectivity index (χ2n) is 18.0. The van der Waals surface area contributed by atoms with E-state index < -0.39 is 6.09 Å². The summed E-state index contributed by atoms with van der Waals surface area (Å²) in [7, 11) is 0. The minimum atomic E-state index is -0.431. The summed E-state index contributed by atoms with van der Waals surface area (Å²) >= 11 is 0. The molecule has 62 heavy (non-hydrogen) atoms. The van der Waals surface area contributed by atoms with Crippen LogP contribution in [-0.2, 0) is 28.5 Å². The number of esters is 2. The fraction of sp³-hybridized carbons (Fsp3) is 0.942. The van der Waals surface area contributed by atoms with E-state index in [2.05, 4.69) is 37.9 Å². The third kappa shape index (κ3) is 40.8. The first-order chi connectivity index (χ1) is 30.4. The SMILES string of the molecule is CCCCCCCCC(CCCCCC)C(=O)OCCCCCCN(CCCCCCOC(=O)C(CCCCCC)CCCCCCCC)CCOCCOC(=O)NCCCN. The smallest absolute Gasteiger partial charge is 0.407 e. The first-order valence-electron chi connectivity index (χ1n) is 26.7. The van der Waals surface area contributed by atoms with Crippen molar-refractivity contribution in [3.8, 4) is 0 Å². The first-order valence-corrected chi connectivity index (χ1v) is 26.7. The largest absolute Gasteiger partial charge is 0.465 e. The van der Waals surface area contributed by atoms with Gasteiger partial charge in [-0.1, -0.05) is 182 Å². The molecule has 0 aromatic carbocycles.